The molecule has 3 aliphatic heterocycles. The van der Waals surface area contributed by atoms with Gasteiger partial charge in [0.15, 0.2) is 0 Å². The van der Waals surface area contributed by atoms with E-state index in [2.05, 4.69) is 15.2 Å². The van der Waals surface area contributed by atoms with Crippen LogP contribution >= 0.6 is 18.7 Å². The predicted octanol–water partition coefficient (Wildman–Crippen LogP) is 4.64. The Morgan fingerprint density at radius 2 is 1.68 bits per heavy atom. The van der Waals surface area contributed by atoms with E-state index in [1.54, 1.807) is 44.8 Å². The molecule has 5 amide bonds. The van der Waals surface area contributed by atoms with Gasteiger partial charge in [-0.2, -0.15) is 0 Å². The van der Waals surface area contributed by atoms with Gasteiger partial charge < -0.3 is 19.1 Å². The fourth-order valence-electron chi connectivity index (χ4n) is 7.86. The molecular weight excluding hydrogens is 767 g/mol. The summed E-state index contributed by atoms with van der Waals surface area (Å²) in [6.07, 6.45) is 3.80. The number of methoxy groups -OCH3 is 1. The lowest BCUT2D eigenvalue weighted by Crippen LogP contribution is -2.54. The summed E-state index contributed by atoms with van der Waals surface area (Å²) in [6.45, 7) is 5.89. The minimum Gasteiger partial charge on any atom is -0.496 e. The second kappa shape index (κ2) is 16.6. The molecule has 0 bridgehead atoms. The van der Waals surface area contributed by atoms with E-state index in [4.69, 9.17) is 21.3 Å². The molecule has 0 radical (unpaired) electrons. The van der Waals surface area contributed by atoms with Crippen LogP contribution in [0.15, 0.2) is 66.9 Å². The number of carbonyl (C=O) groups excluding carboxylic acids is 5. The van der Waals surface area contributed by atoms with Gasteiger partial charge in [0.05, 0.1) is 29.0 Å². The quantitative estimate of drug-likeness (QED) is 0.158. The lowest BCUT2D eigenvalue weighted by Gasteiger charge is -2.36. The van der Waals surface area contributed by atoms with Gasteiger partial charge >= 0.3 is 0 Å². The summed E-state index contributed by atoms with van der Waals surface area (Å²) in [4.78, 5) is 78.3. The summed E-state index contributed by atoms with van der Waals surface area (Å²) in [7, 11) is -0.871. The van der Waals surface area contributed by atoms with Gasteiger partial charge in [-0.05, 0) is 55.9 Å². The third-order valence-electron chi connectivity index (χ3n) is 10.8. The Kier molecular flexibility index (Phi) is 11.6. The van der Waals surface area contributed by atoms with Crippen molar-refractivity contribution in [1.82, 2.24) is 25.1 Å². The Balaban J connectivity index is 0.932. The molecule has 3 aliphatic rings. The number of hydrogen-bond donors (Lipinski definition) is 1. The minimum atomic E-state index is -2.50. The molecule has 296 valence electrons. The van der Waals surface area contributed by atoms with Crippen LogP contribution < -0.4 is 20.3 Å². The number of piperazine rings is 1. The minimum absolute atomic E-state index is 0.0203. The van der Waals surface area contributed by atoms with E-state index >= 15 is 0 Å². The number of nitrogens with zero attached hydrogens (tertiary/aromatic N) is 5. The van der Waals surface area contributed by atoms with Crippen LogP contribution in [0.5, 0.6) is 5.75 Å². The number of rotatable bonds is 12. The van der Waals surface area contributed by atoms with Crippen LogP contribution in [-0.2, 0) is 38.2 Å². The van der Waals surface area contributed by atoms with E-state index in [1.807, 2.05) is 47.4 Å². The first-order chi connectivity index (χ1) is 27.3. The number of hydrogen-bond acceptors (Lipinski definition) is 10. The maximum Gasteiger partial charge on any atom is 0.262 e. The number of imide groups is 2. The number of aryl methyl sites for hydroxylation is 1. The first-order valence-electron chi connectivity index (χ1n) is 19.0. The number of halogens is 1. The van der Waals surface area contributed by atoms with Crippen molar-refractivity contribution in [2.45, 2.75) is 51.0 Å². The zero-order valence-corrected chi connectivity index (χ0v) is 33.8. The zero-order valence-electron chi connectivity index (χ0n) is 32.1. The molecule has 0 aliphatic carbocycles. The second-order valence-corrected chi connectivity index (χ2v) is 18.5. The van der Waals surface area contributed by atoms with Gasteiger partial charge in [-0.3, -0.25) is 34.2 Å². The highest BCUT2D eigenvalue weighted by Gasteiger charge is 2.45. The maximum atomic E-state index is 13.4. The largest absolute Gasteiger partial charge is 0.496 e. The highest BCUT2D eigenvalue weighted by molar-refractivity contribution is 7.70. The standard InChI is InChI=1S/C42H44ClN6O7P/c1-56-34-24-29(15-14-27(34)23-36-44-25-31(43)32(45-36)22-28-8-4-5-12-35(28)57(2,3)55)47-18-20-48(21-19-47)38(51)13-7-10-26-9-6-11-30-39(26)42(54)49(41(30)53)33-16-17-37(50)46-40(33)52/h4-6,8-9,11-12,14-15,24-25,33H,7,10,13,16-23H2,1-3H3,(H,46,50,52). The molecule has 1 aromatic heterocycles. The third kappa shape index (κ3) is 8.50. The van der Waals surface area contributed by atoms with Crippen molar-refractivity contribution in [1.29, 1.82) is 0 Å². The van der Waals surface area contributed by atoms with Crippen molar-refractivity contribution >= 4 is 59.3 Å². The third-order valence-corrected chi connectivity index (χ3v) is 12.7. The van der Waals surface area contributed by atoms with Crippen molar-refractivity contribution in [3.8, 4) is 5.75 Å². The van der Waals surface area contributed by atoms with E-state index in [0.717, 1.165) is 27.0 Å². The molecule has 4 heterocycles. The Morgan fingerprint density at radius 1 is 0.930 bits per heavy atom. The van der Waals surface area contributed by atoms with Crippen LogP contribution in [0.3, 0.4) is 0 Å². The highest BCUT2D eigenvalue weighted by Crippen LogP contribution is 2.37. The van der Waals surface area contributed by atoms with E-state index in [0.29, 0.717) is 79.7 Å². The van der Waals surface area contributed by atoms with Crippen molar-refractivity contribution in [2.75, 3.05) is 51.5 Å². The average Bonchev–Trinajstić information content (AvgIpc) is 3.45. The first kappa shape index (κ1) is 39.8. The number of aromatic nitrogens is 2. The van der Waals surface area contributed by atoms with E-state index in [-0.39, 0.29) is 36.3 Å². The maximum absolute atomic E-state index is 13.4. The number of piperidine rings is 1. The topological polar surface area (TPSA) is 159 Å². The number of carbonyl (C=O) groups is 5. The summed E-state index contributed by atoms with van der Waals surface area (Å²) >= 11 is 6.53. The van der Waals surface area contributed by atoms with Gasteiger partial charge in [0.25, 0.3) is 11.8 Å². The van der Waals surface area contributed by atoms with Crippen molar-refractivity contribution in [3.05, 3.63) is 111 Å². The van der Waals surface area contributed by atoms with Crippen LogP contribution in [0.25, 0.3) is 0 Å². The zero-order chi connectivity index (χ0) is 40.4. The summed E-state index contributed by atoms with van der Waals surface area (Å²) in [5.74, 6) is -0.850. The van der Waals surface area contributed by atoms with Crippen LogP contribution in [0.4, 0.5) is 5.69 Å². The molecule has 7 rings (SSSR count). The molecule has 3 aromatic carbocycles. The lowest BCUT2D eigenvalue weighted by atomic mass is 9.98. The molecule has 2 saturated heterocycles. The normalized spacial score (nSPS) is 17.2. The Bertz CT molecular complexity index is 2320. The van der Waals surface area contributed by atoms with Crippen LogP contribution in [0.1, 0.15) is 74.6 Å². The summed E-state index contributed by atoms with van der Waals surface area (Å²) in [5.41, 5.74) is 4.64. The second-order valence-electron chi connectivity index (χ2n) is 14.9. The monoisotopic (exact) mass is 810 g/mol. The molecule has 0 spiro atoms. The van der Waals surface area contributed by atoms with Gasteiger partial charge in [-0.15, -0.1) is 0 Å². The van der Waals surface area contributed by atoms with Crippen molar-refractivity contribution in [3.63, 3.8) is 0 Å². The molecule has 13 nitrogen and oxygen atoms in total. The molecule has 1 N–H and O–H groups in total. The van der Waals surface area contributed by atoms with Crippen LogP contribution in [-0.4, -0.2) is 102 Å². The molecule has 0 saturated carbocycles. The fourth-order valence-corrected chi connectivity index (χ4v) is 9.31. The summed E-state index contributed by atoms with van der Waals surface area (Å²) in [5, 5.41) is 3.48. The highest BCUT2D eigenvalue weighted by atomic mass is 35.5. The Morgan fingerprint density at radius 3 is 2.42 bits per heavy atom. The van der Waals surface area contributed by atoms with Crippen molar-refractivity contribution < 1.29 is 33.3 Å². The molecule has 1 atom stereocenters. The Hall–Kier alpha value is -5.39. The molecule has 15 heteroatoms. The van der Waals surface area contributed by atoms with Gasteiger partial charge in [-0.25, -0.2) is 9.97 Å². The number of nitrogens with one attached hydrogen (secondary N) is 1. The van der Waals surface area contributed by atoms with E-state index in [1.165, 1.54) is 0 Å². The van der Waals surface area contributed by atoms with Crippen LogP contribution in [0, 0.1) is 0 Å². The number of anilines is 1. The van der Waals surface area contributed by atoms with Gasteiger partial charge in [0.1, 0.15) is 24.8 Å². The van der Waals surface area contributed by atoms with Crippen molar-refractivity contribution in [2.24, 2.45) is 0 Å². The lowest BCUT2D eigenvalue weighted by molar-refractivity contribution is -0.136. The summed E-state index contributed by atoms with van der Waals surface area (Å²) < 4.78 is 18.7. The van der Waals surface area contributed by atoms with E-state index in [9.17, 15) is 28.5 Å². The molecule has 4 aromatic rings. The van der Waals surface area contributed by atoms with Gasteiger partial charge in [0.2, 0.25) is 17.7 Å². The number of benzene rings is 3. The predicted molar refractivity (Wildman–Crippen MR) is 216 cm³/mol. The summed E-state index contributed by atoms with van der Waals surface area (Å²) in [6, 6.07) is 17.7. The van der Waals surface area contributed by atoms with Gasteiger partial charge in [-0.1, -0.05) is 54.1 Å². The smallest absolute Gasteiger partial charge is 0.262 e. The average molecular weight is 811 g/mol. The Labute approximate surface area is 336 Å². The molecular formula is C42H44ClN6O7P. The molecule has 2 fully saturated rings. The SMILES string of the molecule is COc1cc(N2CCN(C(=O)CCCc3cccc4c3C(=O)N(C3CCC(=O)NC3=O)C4=O)CC2)ccc1Cc1ncc(Cl)c(Cc2ccccc2P(C)(C)=O)n1. The first-order valence-corrected chi connectivity index (χ1v) is 22.0. The fraction of sp³-hybridized carbons (Fsp3) is 0.357. The van der Waals surface area contributed by atoms with Gasteiger partial charge in [0, 0.05) is 80.7 Å². The number of amides is 5. The molecule has 1 unspecified atom stereocenters. The van der Waals surface area contributed by atoms with E-state index < -0.39 is 36.8 Å². The number of ether oxygens (including phenoxy) is 1. The molecule has 57 heavy (non-hydrogen) atoms. The number of fused-ring (bicyclic) bond motifs is 1. The van der Waals surface area contributed by atoms with Crippen LogP contribution in [0.2, 0.25) is 5.02 Å².